The lowest BCUT2D eigenvalue weighted by molar-refractivity contribution is -0.139. The predicted octanol–water partition coefficient (Wildman–Crippen LogP) is 5.22. The number of carboxylic acid groups (broad SMARTS) is 1. The average molecular weight is 399 g/mol. The van der Waals surface area contributed by atoms with Crippen molar-refractivity contribution in [1.82, 2.24) is 4.98 Å². The molecule has 3 unspecified atom stereocenters. The summed E-state index contributed by atoms with van der Waals surface area (Å²) in [5.41, 5.74) is 0.447. The van der Waals surface area contributed by atoms with Crippen LogP contribution in [0.3, 0.4) is 0 Å². The lowest BCUT2D eigenvalue weighted by atomic mass is 9.80. The van der Waals surface area contributed by atoms with E-state index in [4.69, 9.17) is 0 Å². The molecule has 0 saturated heterocycles. The number of aliphatic carboxylic acids is 1. The molecule has 1 aromatic heterocycles. The first-order valence-corrected chi connectivity index (χ1v) is 11.2. The lowest BCUT2D eigenvalue weighted by Gasteiger charge is -2.38. The Morgan fingerprint density at radius 1 is 1.07 bits per heavy atom. The maximum absolute atomic E-state index is 13.6. The number of hydrogen-bond donors (Lipinski definition) is 3. The van der Waals surface area contributed by atoms with Gasteiger partial charge in [-0.3, -0.25) is 9.36 Å². The summed E-state index contributed by atoms with van der Waals surface area (Å²) in [4.78, 5) is 26.5. The molecule has 3 aromatic rings. The van der Waals surface area contributed by atoms with E-state index in [1.165, 1.54) is 0 Å². The number of fused-ring (bicyclic) bond motifs is 1. The van der Waals surface area contributed by atoms with Gasteiger partial charge in [0.1, 0.15) is 0 Å². The molecule has 3 N–H and O–H groups in total. The van der Waals surface area contributed by atoms with Gasteiger partial charge in [0.2, 0.25) is 7.37 Å². The molecule has 2 aromatic carbocycles. The van der Waals surface area contributed by atoms with Gasteiger partial charge < -0.3 is 15.0 Å². The van der Waals surface area contributed by atoms with Crippen LogP contribution >= 0.6 is 7.37 Å². The number of para-hydroxylation sites is 1. The summed E-state index contributed by atoms with van der Waals surface area (Å²) < 4.78 is 13.6. The van der Waals surface area contributed by atoms with Crippen molar-refractivity contribution in [3.8, 4) is 0 Å². The number of hydrogen-bond acceptors (Lipinski definition) is 2. The molecule has 0 saturated carbocycles. The monoisotopic (exact) mass is 399 g/mol. The Hall–Kier alpha value is -2.36. The highest BCUT2D eigenvalue weighted by Gasteiger charge is 2.48. The first-order valence-electron chi connectivity index (χ1n) is 9.25. The third-order valence-electron chi connectivity index (χ3n) is 5.05. The highest BCUT2D eigenvalue weighted by atomic mass is 31.2. The minimum atomic E-state index is -3.89. The van der Waals surface area contributed by atoms with E-state index in [2.05, 4.69) is 4.98 Å². The zero-order chi connectivity index (χ0) is 20.5. The Balaban J connectivity index is 2.04. The van der Waals surface area contributed by atoms with Gasteiger partial charge in [-0.1, -0.05) is 69.3 Å². The molecule has 3 rings (SSSR count). The van der Waals surface area contributed by atoms with Crippen molar-refractivity contribution in [3.05, 3.63) is 71.9 Å². The Bertz CT molecular complexity index is 987. The van der Waals surface area contributed by atoms with Crippen LogP contribution in [0.4, 0.5) is 0 Å². The van der Waals surface area contributed by atoms with Gasteiger partial charge >= 0.3 is 5.97 Å². The van der Waals surface area contributed by atoms with Gasteiger partial charge in [-0.15, -0.1) is 0 Å². The minimum absolute atomic E-state index is 0.0970. The Labute approximate surface area is 164 Å². The fourth-order valence-electron chi connectivity index (χ4n) is 4.02. The molecular formula is C22H26NO4P. The van der Waals surface area contributed by atoms with Crippen LogP contribution in [0.15, 0.2) is 60.7 Å². The van der Waals surface area contributed by atoms with Crippen molar-refractivity contribution in [3.63, 3.8) is 0 Å². The quantitative estimate of drug-likeness (QED) is 0.496. The number of aromatic nitrogens is 1. The number of carboxylic acids is 1. The summed E-state index contributed by atoms with van der Waals surface area (Å²) in [5.74, 6) is -2.15. The van der Waals surface area contributed by atoms with Crippen LogP contribution in [0, 0.1) is 5.41 Å². The van der Waals surface area contributed by atoms with Gasteiger partial charge in [0, 0.05) is 11.2 Å². The Morgan fingerprint density at radius 3 is 2.25 bits per heavy atom. The normalized spacial score (nSPS) is 16.4. The molecule has 0 amide bonds. The maximum atomic E-state index is 13.6. The fourth-order valence-corrected chi connectivity index (χ4v) is 6.85. The van der Waals surface area contributed by atoms with Crippen LogP contribution in [0.1, 0.15) is 37.9 Å². The van der Waals surface area contributed by atoms with E-state index in [9.17, 15) is 19.4 Å². The molecule has 1 heterocycles. The molecule has 148 valence electrons. The van der Waals surface area contributed by atoms with Gasteiger partial charge in [0.05, 0.1) is 17.7 Å². The maximum Gasteiger partial charge on any atom is 0.311 e. The summed E-state index contributed by atoms with van der Waals surface area (Å²) in [6.07, 6.45) is -0.0970. The van der Waals surface area contributed by atoms with Crippen molar-refractivity contribution in [2.45, 2.75) is 38.5 Å². The van der Waals surface area contributed by atoms with Crippen LogP contribution in [-0.4, -0.2) is 26.6 Å². The van der Waals surface area contributed by atoms with E-state index in [1.54, 1.807) is 30.3 Å². The smallest absolute Gasteiger partial charge is 0.311 e. The summed E-state index contributed by atoms with van der Waals surface area (Å²) in [6, 6.07) is 18.2. The van der Waals surface area contributed by atoms with E-state index in [0.717, 1.165) is 10.9 Å². The number of aromatic amines is 1. The highest BCUT2D eigenvalue weighted by molar-refractivity contribution is 7.58. The lowest BCUT2D eigenvalue weighted by Crippen LogP contribution is -2.37. The number of benzene rings is 2. The van der Waals surface area contributed by atoms with Crippen LogP contribution in [0.25, 0.3) is 10.9 Å². The average Bonchev–Trinajstić information content (AvgIpc) is 3.00. The molecule has 28 heavy (non-hydrogen) atoms. The SMILES string of the molecule is CC(C)(C)C(C(C(=O)O)c1ccccc1)P(=O)(O)Cc1cc2ccccc2[nH]1. The summed E-state index contributed by atoms with van der Waals surface area (Å²) >= 11 is 0. The highest BCUT2D eigenvalue weighted by Crippen LogP contribution is 2.60. The molecule has 0 aliphatic carbocycles. The van der Waals surface area contributed by atoms with Gasteiger partial charge in [0.25, 0.3) is 0 Å². The first-order chi connectivity index (χ1) is 13.1. The van der Waals surface area contributed by atoms with Crippen molar-refractivity contribution in [2.24, 2.45) is 5.41 Å². The van der Waals surface area contributed by atoms with Crippen molar-refractivity contribution in [1.29, 1.82) is 0 Å². The first kappa shape index (κ1) is 20.4. The molecule has 0 aliphatic rings. The van der Waals surface area contributed by atoms with E-state index >= 15 is 0 Å². The van der Waals surface area contributed by atoms with E-state index in [1.807, 2.05) is 51.1 Å². The zero-order valence-corrected chi connectivity index (χ0v) is 17.2. The van der Waals surface area contributed by atoms with Crippen LogP contribution < -0.4 is 0 Å². The second-order valence-electron chi connectivity index (χ2n) is 8.33. The molecular weight excluding hydrogens is 373 g/mol. The molecule has 0 bridgehead atoms. The van der Waals surface area contributed by atoms with E-state index < -0.39 is 30.3 Å². The van der Waals surface area contributed by atoms with Crippen molar-refractivity contribution in [2.75, 3.05) is 0 Å². The molecule has 0 radical (unpaired) electrons. The zero-order valence-electron chi connectivity index (χ0n) is 16.3. The molecule has 3 atom stereocenters. The molecule has 6 heteroatoms. The minimum Gasteiger partial charge on any atom is -0.481 e. The standard InChI is InChI=1S/C22H26NO4P/c1-22(2,3)20(19(21(24)25)15-9-5-4-6-10-15)28(26,27)14-17-13-16-11-7-8-12-18(16)23-17/h4-13,19-20,23H,14H2,1-3H3,(H,24,25)(H,26,27). The number of rotatable bonds is 6. The van der Waals surface area contributed by atoms with Gasteiger partial charge in [-0.2, -0.15) is 0 Å². The second-order valence-corrected chi connectivity index (χ2v) is 10.7. The summed E-state index contributed by atoms with van der Waals surface area (Å²) in [7, 11) is -3.89. The Morgan fingerprint density at radius 2 is 1.68 bits per heavy atom. The predicted molar refractivity (Wildman–Crippen MR) is 112 cm³/mol. The largest absolute Gasteiger partial charge is 0.481 e. The second kappa shape index (κ2) is 7.57. The van der Waals surface area contributed by atoms with E-state index in [0.29, 0.717) is 11.3 Å². The van der Waals surface area contributed by atoms with Gasteiger partial charge in [0.15, 0.2) is 0 Å². The molecule has 0 spiro atoms. The number of H-pyrrole nitrogens is 1. The molecule has 0 aliphatic heterocycles. The molecule has 5 nitrogen and oxygen atoms in total. The van der Waals surface area contributed by atoms with Crippen LogP contribution in [0.5, 0.6) is 0 Å². The third kappa shape index (κ3) is 4.21. The number of nitrogens with one attached hydrogen (secondary N) is 1. The third-order valence-corrected chi connectivity index (χ3v) is 7.78. The van der Waals surface area contributed by atoms with Crippen molar-refractivity contribution < 1.29 is 19.4 Å². The van der Waals surface area contributed by atoms with Crippen LogP contribution in [0.2, 0.25) is 0 Å². The van der Waals surface area contributed by atoms with Gasteiger partial charge in [-0.05, 0) is 28.5 Å². The number of carbonyl (C=O) groups is 1. The van der Waals surface area contributed by atoms with Gasteiger partial charge in [-0.25, -0.2) is 0 Å². The topological polar surface area (TPSA) is 90.4 Å². The Kier molecular flexibility index (Phi) is 5.51. The molecule has 0 fully saturated rings. The van der Waals surface area contributed by atoms with E-state index in [-0.39, 0.29) is 6.16 Å². The summed E-state index contributed by atoms with van der Waals surface area (Å²) in [6.45, 7) is 5.47. The fraction of sp³-hybridized carbons (Fsp3) is 0.318. The van der Waals surface area contributed by atoms with Crippen LogP contribution in [-0.2, 0) is 15.5 Å². The van der Waals surface area contributed by atoms with Crippen molar-refractivity contribution >= 4 is 24.2 Å². The summed E-state index contributed by atoms with van der Waals surface area (Å²) in [5, 5.41) is 10.9.